The van der Waals surface area contributed by atoms with Gasteiger partial charge in [-0.15, -0.1) is 0 Å². The van der Waals surface area contributed by atoms with Gasteiger partial charge in [-0.3, -0.25) is 9.78 Å². The molecule has 1 unspecified atom stereocenters. The summed E-state index contributed by atoms with van der Waals surface area (Å²) in [5.41, 5.74) is 0.968. The molecule has 1 N–H and O–H groups in total. The lowest BCUT2D eigenvalue weighted by Crippen LogP contribution is -2.50. The predicted molar refractivity (Wildman–Crippen MR) is 73.8 cm³/mol. The fraction of sp³-hybridized carbons (Fsp3) is 0.417. The summed E-state index contributed by atoms with van der Waals surface area (Å²) in [5.74, 6) is -0.230. The highest BCUT2D eigenvalue weighted by Gasteiger charge is 2.33. The monoisotopic (exact) mass is 300 g/mol. The fourth-order valence-corrected chi connectivity index (χ4v) is 3.22. The highest BCUT2D eigenvalue weighted by Crippen LogP contribution is 2.23. The molecular weight excluding hydrogens is 288 g/mol. The largest absolute Gasteiger partial charge is 0.480 e. The number of carbonyl (C=O) groups is 2. The van der Waals surface area contributed by atoms with E-state index in [9.17, 15) is 9.59 Å². The summed E-state index contributed by atoms with van der Waals surface area (Å²) in [7, 11) is 0. The van der Waals surface area contributed by atoms with Crippen LogP contribution in [-0.4, -0.2) is 51.0 Å². The van der Waals surface area contributed by atoms with Crippen molar-refractivity contribution in [3.8, 4) is 0 Å². The SMILES string of the molecule is Cc1cc(Cl)c(C(=O)N2CCSCC2C(=O)O)cn1. The summed E-state index contributed by atoms with van der Waals surface area (Å²) >= 11 is 7.56. The first-order chi connectivity index (χ1) is 9.00. The number of carboxylic acid groups (broad SMARTS) is 1. The van der Waals surface area contributed by atoms with Gasteiger partial charge in [0, 0.05) is 29.9 Å². The van der Waals surface area contributed by atoms with Gasteiger partial charge in [0.15, 0.2) is 0 Å². The third-order valence-electron chi connectivity index (χ3n) is 2.89. The van der Waals surface area contributed by atoms with Crippen LogP contribution in [0, 0.1) is 6.92 Å². The lowest BCUT2D eigenvalue weighted by atomic mass is 10.2. The molecule has 1 fully saturated rings. The first-order valence-corrected chi connectivity index (χ1v) is 7.27. The molecule has 1 amide bonds. The fourth-order valence-electron chi connectivity index (χ4n) is 1.89. The van der Waals surface area contributed by atoms with E-state index in [1.165, 1.54) is 22.9 Å². The number of carbonyl (C=O) groups excluding carboxylic acids is 1. The van der Waals surface area contributed by atoms with E-state index < -0.39 is 12.0 Å². The quantitative estimate of drug-likeness (QED) is 0.900. The van der Waals surface area contributed by atoms with Gasteiger partial charge in [-0.05, 0) is 13.0 Å². The van der Waals surface area contributed by atoms with Crippen molar-refractivity contribution in [3.05, 3.63) is 28.5 Å². The number of aryl methyl sites for hydroxylation is 1. The van der Waals surface area contributed by atoms with Crippen molar-refractivity contribution in [2.75, 3.05) is 18.1 Å². The van der Waals surface area contributed by atoms with Crippen molar-refractivity contribution in [1.29, 1.82) is 0 Å². The molecule has 0 radical (unpaired) electrons. The zero-order valence-electron chi connectivity index (χ0n) is 10.3. The molecule has 1 aromatic heterocycles. The minimum atomic E-state index is -0.989. The smallest absolute Gasteiger partial charge is 0.327 e. The number of thioether (sulfide) groups is 1. The second-order valence-electron chi connectivity index (χ2n) is 4.23. The predicted octanol–water partition coefficient (Wildman–Crippen LogP) is 1.69. The number of pyridine rings is 1. The minimum Gasteiger partial charge on any atom is -0.480 e. The average molecular weight is 301 g/mol. The van der Waals surface area contributed by atoms with E-state index in [2.05, 4.69) is 4.98 Å². The van der Waals surface area contributed by atoms with E-state index in [0.29, 0.717) is 23.0 Å². The highest BCUT2D eigenvalue weighted by atomic mass is 35.5. The number of amides is 1. The molecule has 19 heavy (non-hydrogen) atoms. The van der Waals surface area contributed by atoms with Crippen molar-refractivity contribution < 1.29 is 14.7 Å². The Labute approximate surface area is 120 Å². The summed E-state index contributed by atoms with van der Waals surface area (Å²) in [6.45, 7) is 2.18. The van der Waals surface area contributed by atoms with Gasteiger partial charge in [-0.1, -0.05) is 11.6 Å². The van der Waals surface area contributed by atoms with Crippen molar-refractivity contribution in [2.45, 2.75) is 13.0 Å². The number of rotatable bonds is 2. The molecule has 1 aromatic rings. The molecule has 1 atom stereocenters. The van der Waals surface area contributed by atoms with Crippen LogP contribution in [0.25, 0.3) is 0 Å². The van der Waals surface area contributed by atoms with Gasteiger partial charge in [0.05, 0.1) is 10.6 Å². The summed E-state index contributed by atoms with van der Waals surface area (Å²) in [6.07, 6.45) is 1.40. The molecule has 2 rings (SSSR count). The first-order valence-electron chi connectivity index (χ1n) is 5.74. The standard InChI is InChI=1S/C12H13ClN2O3S/c1-7-4-9(13)8(5-14-7)11(16)15-2-3-19-6-10(15)12(17)18/h4-5,10H,2-3,6H2,1H3,(H,17,18). The Morgan fingerprint density at radius 3 is 2.95 bits per heavy atom. The third kappa shape index (κ3) is 3.01. The molecule has 2 heterocycles. The summed E-state index contributed by atoms with van der Waals surface area (Å²) in [6, 6.07) is 0.798. The Morgan fingerprint density at radius 1 is 1.58 bits per heavy atom. The lowest BCUT2D eigenvalue weighted by Gasteiger charge is -2.32. The Hall–Kier alpha value is -1.27. The molecule has 7 heteroatoms. The van der Waals surface area contributed by atoms with E-state index in [1.54, 1.807) is 13.0 Å². The van der Waals surface area contributed by atoms with Crippen molar-refractivity contribution in [1.82, 2.24) is 9.88 Å². The molecule has 0 aromatic carbocycles. The van der Waals surface area contributed by atoms with Crippen LogP contribution in [0.1, 0.15) is 16.1 Å². The highest BCUT2D eigenvalue weighted by molar-refractivity contribution is 7.99. The zero-order chi connectivity index (χ0) is 14.0. The van der Waals surface area contributed by atoms with Gasteiger partial charge in [-0.2, -0.15) is 11.8 Å². The molecule has 0 aliphatic carbocycles. The Bertz CT molecular complexity index is 524. The maximum absolute atomic E-state index is 12.4. The van der Waals surface area contributed by atoms with E-state index >= 15 is 0 Å². The number of aromatic nitrogens is 1. The number of hydrogen-bond donors (Lipinski definition) is 1. The van der Waals surface area contributed by atoms with Crippen LogP contribution in [0.4, 0.5) is 0 Å². The Balaban J connectivity index is 2.28. The van der Waals surface area contributed by atoms with Gasteiger partial charge in [0.1, 0.15) is 6.04 Å². The maximum Gasteiger partial charge on any atom is 0.327 e. The van der Waals surface area contributed by atoms with Gasteiger partial charge in [0.25, 0.3) is 5.91 Å². The van der Waals surface area contributed by atoms with Crippen LogP contribution < -0.4 is 0 Å². The second kappa shape index (κ2) is 5.79. The number of nitrogens with zero attached hydrogens (tertiary/aromatic N) is 2. The topological polar surface area (TPSA) is 70.5 Å². The van der Waals surface area contributed by atoms with Crippen LogP contribution in [0.2, 0.25) is 5.02 Å². The molecule has 0 spiro atoms. The van der Waals surface area contributed by atoms with Crippen molar-refractivity contribution in [3.63, 3.8) is 0 Å². The second-order valence-corrected chi connectivity index (χ2v) is 5.79. The van der Waals surface area contributed by atoms with E-state index in [0.717, 1.165) is 5.75 Å². The van der Waals surface area contributed by atoms with E-state index in [4.69, 9.17) is 16.7 Å². The Kier molecular flexibility index (Phi) is 4.31. The van der Waals surface area contributed by atoms with Gasteiger partial charge < -0.3 is 10.0 Å². The summed E-state index contributed by atoms with van der Waals surface area (Å²) in [5, 5.41) is 9.47. The molecule has 5 nitrogen and oxygen atoms in total. The van der Waals surface area contributed by atoms with Crippen LogP contribution >= 0.6 is 23.4 Å². The molecule has 1 aliphatic heterocycles. The summed E-state index contributed by atoms with van der Waals surface area (Å²) < 4.78 is 0. The molecule has 1 saturated heterocycles. The molecule has 0 bridgehead atoms. The lowest BCUT2D eigenvalue weighted by molar-refractivity contribution is -0.141. The van der Waals surface area contributed by atoms with Crippen LogP contribution in [0.15, 0.2) is 12.3 Å². The van der Waals surface area contributed by atoms with Crippen molar-refractivity contribution >= 4 is 35.2 Å². The first kappa shape index (κ1) is 14.1. The van der Waals surface area contributed by atoms with Gasteiger partial charge in [-0.25, -0.2) is 4.79 Å². The van der Waals surface area contributed by atoms with Crippen LogP contribution in [0.3, 0.4) is 0 Å². The van der Waals surface area contributed by atoms with E-state index in [-0.39, 0.29) is 11.5 Å². The third-order valence-corrected chi connectivity index (χ3v) is 4.23. The van der Waals surface area contributed by atoms with Crippen LogP contribution in [0.5, 0.6) is 0 Å². The van der Waals surface area contributed by atoms with Gasteiger partial charge >= 0.3 is 5.97 Å². The number of halogens is 1. The minimum absolute atomic E-state index is 0.255. The maximum atomic E-state index is 12.4. The van der Waals surface area contributed by atoms with Gasteiger partial charge in [0.2, 0.25) is 0 Å². The molecular formula is C12H13ClN2O3S. The van der Waals surface area contributed by atoms with E-state index in [1.807, 2.05) is 0 Å². The van der Waals surface area contributed by atoms with Crippen LogP contribution in [-0.2, 0) is 4.79 Å². The summed E-state index contributed by atoms with van der Waals surface area (Å²) in [4.78, 5) is 29.0. The molecule has 1 aliphatic rings. The normalized spacial score (nSPS) is 19.3. The average Bonchev–Trinajstić information content (AvgIpc) is 2.38. The van der Waals surface area contributed by atoms with Crippen molar-refractivity contribution in [2.24, 2.45) is 0 Å². The Morgan fingerprint density at radius 2 is 2.32 bits per heavy atom. The number of hydrogen-bond acceptors (Lipinski definition) is 4. The molecule has 0 saturated carbocycles. The molecule has 102 valence electrons. The number of aliphatic carboxylic acids is 1. The zero-order valence-corrected chi connectivity index (χ0v) is 11.9. The number of carboxylic acids is 1.